The Labute approximate surface area is 125 Å². The van der Waals surface area contributed by atoms with Gasteiger partial charge in [0.15, 0.2) is 21.4 Å². The lowest BCUT2D eigenvalue weighted by molar-refractivity contribution is -0.275. The summed E-state index contributed by atoms with van der Waals surface area (Å²) in [5.41, 5.74) is 0.105. The van der Waals surface area contributed by atoms with E-state index in [4.69, 9.17) is 13.9 Å². The first kappa shape index (κ1) is 18.2. The summed E-state index contributed by atoms with van der Waals surface area (Å²) in [4.78, 5) is 0. The summed E-state index contributed by atoms with van der Waals surface area (Å²) < 4.78 is 55.7. The van der Waals surface area contributed by atoms with Gasteiger partial charge in [-0.25, -0.2) is 13.2 Å². The first-order chi connectivity index (χ1) is 9.79. The Bertz CT molecular complexity index is 445. The lowest BCUT2D eigenvalue weighted by atomic mass is 10.2. The lowest BCUT2D eigenvalue weighted by Gasteiger charge is -2.23. The topological polar surface area (TPSA) is 27.7 Å². The molecule has 0 aliphatic carbocycles. The standard InChI is InChI=1S/C14H21F3O3Si/c1-8(2)18-14(19-9(3)4)20-21-7-10-5-12(16)13(17)6-11(10)15/h5-6,8-9,14H,7,21H2,1-4H3. The predicted octanol–water partition coefficient (Wildman–Crippen LogP) is 2.84. The SMILES string of the molecule is CC(C)OC(O[SiH2]Cc1cc(F)c(F)cc1F)OC(C)C. The van der Waals surface area contributed by atoms with Crippen LogP contribution in [0.3, 0.4) is 0 Å². The molecule has 0 unspecified atom stereocenters. The van der Waals surface area contributed by atoms with E-state index in [1.807, 2.05) is 27.7 Å². The number of hydrogen-bond acceptors (Lipinski definition) is 3. The van der Waals surface area contributed by atoms with Crippen molar-refractivity contribution in [3.63, 3.8) is 0 Å². The van der Waals surface area contributed by atoms with Crippen molar-refractivity contribution in [3.05, 3.63) is 35.1 Å². The number of rotatable bonds is 8. The van der Waals surface area contributed by atoms with Crippen LogP contribution in [-0.4, -0.2) is 28.4 Å². The van der Waals surface area contributed by atoms with Crippen molar-refractivity contribution < 1.29 is 27.1 Å². The van der Waals surface area contributed by atoms with Crippen molar-refractivity contribution in [1.82, 2.24) is 0 Å². The molecule has 1 aromatic carbocycles. The summed E-state index contributed by atoms with van der Waals surface area (Å²) in [5, 5.41) is 0. The highest BCUT2D eigenvalue weighted by Gasteiger charge is 2.15. The molecule has 0 heterocycles. The molecule has 7 heteroatoms. The van der Waals surface area contributed by atoms with Crippen LogP contribution in [0.15, 0.2) is 12.1 Å². The maximum Gasteiger partial charge on any atom is 0.262 e. The average molecular weight is 322 g/mol. The van der Waals surface area contributed by atoms with Crippen LogP contribution in [0.4, 0.5) is 13.2 Å². The summed E-state index contributed by atoms with van der Waals surface area (Å²) in [6, 6.07) is 1.64. The summed E-state index contributed by atoms with van der Waals surface area (Å²) >= 11 is 0. The number of ether oxygens (including phenoxy) is 2. The third-order valence-electron chi connectivity index (χ3n) is 2.48. The third-order valence-corrected chi connectivity index (χ3v) is 3.73. The molecule has 0 spiro atoms. The molecule has 0 aliphatic rings. The molecule has 3 nitrogen and oxygen atoms in total. The largest absolute Gasteiger partial charge is 0.378 e. The zero-order valence-electron chi connectivity index (χ0n) is 12.7. The van der Waals surface area contributed by atoms with E-state index in [1.165, 1.54) is 0 Å². The van der Waals surface area contributed by atoms with Gasteiger partial charge >= 0.3 is 0 Å². The highest BCUT2D eigenvalue weighted by atomic mass is 28.2. The van der Waals surface area contributed by atoms with Crippen molar-refractivity contribution in [2.24, 2.45) is 0 Å². The van der Waals surface area contributed by atoms with E-state index in [2.05, 4.69) is 0 Å². The molecule has 0 saturated carbocycles. The quantitative estimate of drug-likeness (QED) is 0.418. The van der Waals surface area contributed by atoms with Gasteiger partial charge in [-0.05, 0) is 45.4 Å². The zero-order valence-corrected chi connectivity index (χ0v) is 14.1. The molecule has 0 fully saturated rings. The van der Waals surface area contributed by atoms with Crippen LogP contribution in [0.25, 0.3) is 0 Å². The Balaban J connectivity index is 2.55. The molecule has 0 aliphatic heterocycles. The average Bonchev–Trinajstić information content (AvgIpc) is 2.33. The van der Waals surface area contributed by atoms with E-state index in [9.17, 15) is 13.2 Å². The van der Waals surface area contributed by atoms with Crippen LogP contribution in [0.2, 0.25) is 0 Å². The van der Waals surface area contributed by atoms with Gasteiger partial charge < -0.3 is 13.9 Å². The molecule has 0 saturated heterocycles. The van der Waals surface area contributed by atoms with Crippen LogP contribution in [-0.2, 0) is 19.9 Å². The van der Waals surface area contributed by atoms with Crippen molar-refractivity contribution in [2.45, 2.75) is 52.4 Å². The second-order valence-corrected chi connectivity index (χ2v) is 6.38. The summed E-state index contributed by atoms with van der Waals surface area (Å²) in [6.45, 7) is 6.56. The molecular formula is C14H21F3O3Si. The predicted molar refractivity (Wildman–Crippen MR) is 75.9 cm³/mol. The molecule has 0 bridgehead atoms. The van der Waals surface area contributed by atoms with E-state index >= 15 is 0 Å². The van der Waals surface area contributed by atoms with E-state index in [-0.39, 0.29) is 23.8 Å². The molecule has 0 N–H and O–H groups in total. The van der Waals surface area contributed by atoms with Gasteiger partial charge in [0.1, 0.15) is 5.82 Å². The Kier molecular flexibility index (Phi) is 7.37. The van der Waals surface area contributed by atoms with Crippen LogP contribution in [0.1, 0.15) is 33.3 Å². The van der Waals surface area contributed by atoms with Crippen molar-refractivity contribution >= 4 is 9.76 Å². The minimum absolute atomic E-state index is 0.0808. The Morgan fingerprint density at radius 3 is 1.95 bits per heavy atom. The molecule has 1 rings (SSSR count). The first-order valence-corrected chi connectivity index (χ1v) is 8.43. The van der Waals surface area contributed by atoms with Crippen LogP contribution in [0, 0.1) is 17.5 Å². The van der Waals surface area contributed by atoms with E-state index < -0.39 is 33.7 Å². The Morgan fingerprint density at radius 1 is 0.905 bits per heavy atom. The fraction of sp³-hybridized carbons (Fsp3) is 0.571. The van der Waals surface area contributed by atoms with Crippen molar-refractivity contribution in [1.29, 1.82) is 0 Å². The molecule has 0 aromatic heterocycles. The van der Waals surface area contributed by atoms with Crippen LogP contribution < -0.4 is 0 Å². The maximum absolute atomic E-state index is 13.5. The molecule has 21 heavy (non-hydrogen) atoms. The van der Waals surface area contributed by atoms with Gasteiger partial charge in [-0.1, -0.05) is 0 Å². The fourth-order valence-corrected chi connectivity index (χ4v) is 2.65. The highest BCUT2D eigenvalue weighted by Crippen LogP contribution is 2.14. The van der Waals surface area contributed by atoms with Crippen LogP contribution >= 0.6 is 0 Å². The smallest absolute Gasteiger partial charge is 0.262 e. The number of hydrogen-bond donors (Lipinski definition) is 0. The van der Waals surface area contributed by atoms with Gasteiger partial charge in [0.05, 0.1) is 12.2 Å². The van der Waals surface area contributed by atoms with Gasteiger partial charge in [-0.2, -0.15) is 0 Å². The second kappa shape index (κ2) is 8.53. The van der Waals surface area contributed by atoms with Crippen molar-refractivity contribution in [2.75, 3.05) is 0 Å². The summed E-state index contributed by atoms with van der Waals surface area (Å²) in [6.07, 6.45) is -0.162. The molecule has 1 aromatic rings. The Morgan fingerprint density at radius 2 is 1.43 bits per heavy atom. The fourth-order valence-electron chi connectivity index (χ4n) is 1.58. The molecule has 0 amide bonds. The minimum Gasteiger partial charge on any atom is -0.378 e. The van der Waals surface area contributed by atoms with E-state index in [0.717, 1.165) is 6.07 Å². The summed E-state index contributed by atoms with van der Waals surface area (Å²) in [5.74, 6) is -3.02. The van der Waals surface area contributed by atoms with Gasteiger partial charge in [-0.3, -0.25) is 0 Å². The molecule has 120 valence electrons. The molecule has 0 atom stereocenters. The number of halogens is 3. The van der Waals surface area contributed by atoms with E-state index in [0.29, 0.717) is 6.07 Å². The first-order valence-electron chi connectivity index (χ1n) is 6.85. The van der Waals surface area contributed by atoms with Gasteiger partial charge in [-0.15, -0.1) is 0 Å². The van der Waals surface area contributed by atoms with Crippen molar-refractivity contribution in [3.8, 4) is 0 Å². The highest BCUT2D eigenvalue weighted by molar-refractivity contribution is 6.26. The lowest BCUT2D eigenvalue weighted by Crippen LogP contribution is -2.29. The Hall–Kier alpha value is -0.893. The molecule has 0 radical (unpaired) electrons. The summed E-state index contributed by atoms with van der Waals surface area (Å²) in [7, 11) is -1.25. The van der Waals surface area contributed by atoms with Gasteiger partial charge in [0, 0.05) is 6.07 Å². The van der Waals surface area contributed by atoms with Gasteiger partial charge in [0.2, 0.25) is 0 Å². The van der Waals surface area contributed by atoms with E-state index in [1.54, 1.807) is 0 Å². The van der Waals surface area contributed by atoms with Crippen LogP contribution in [0.5, 0.6) is 0 Å². The zero-order chi connectivity index (χ0) is 16.0. The van der Waals surface area contributed by atoms with Gasteiger partial charge in [0.25, 0.3) is 6.48 Å². The second-order valence-electron chi connectivity index (χ2n) is 5.14. The normalized spacial score (nSPS) is 12.5. The maximum atomic E-state index is 13.5. The monoisotopic (exact) mass is 322 g/mol. The minimum atomic E-state index is -1.25. The third kappa shape index (κ3) is 6.60. The number of benzene rings is 1. The molecular weight excluding hydrogens is 301 g/mol.